The molecule has 1 saturated heterocycles. The number of nitrogens with one attached hydrogen (secondary N) is 3. The van der Waals surface area contributed by atoms with Crippen molar-refractivity contribution in [2.75, 3.05) is 13.7 Å². The van der Waals surface area contributed by atoms with Crippen LogP contribution in [0.3, 0.4) is 0 Å². The highest BCUT2D eigenvalue weighted by molar-refractivity contribution is 6.21. The summed E-state index contributed by atoms with van der Waals surface area (Å²) in [5.74, 6) is 0.380. The lowest BCUT2D eigenvalue weighted by molar-refractivity contribution is -0.140. The van der Waals surface area contributed by atoms with E-state index in [1.807, 2.05) is 0 Å². The normalized spacial score (nSPS) is 43.0. The van der Waals surface area contributed by atoms with E-state index in [0.29, 0.717) is 44.1 Å². The molecule has 0 radical (unpaired) electrons. The standard InChI is InChI=1S/C27H44ClFN4O4/c1-33-22(17-5-3-2-4-6-17)14-21(32-33)25(36)31-26-9-11-27(12-10-26,23(34)15-26)30-24(35)16-37-18-7-8-19(28)20(29)13-18/h17-23,32,34H,2-16H2,1H3,(H,30,35)(H,31,36)/t18?,19?,20?,21?,22?,23-,26?,27?/m0/s1. The van der Waals surface area contributed by atoms with Crippen molar-refractivity contribution in [2.24, 2.45) is 5.92 Å². The Bertz CT molecular complexity index is 835. The predicted molar refractivity (Wildman–Crippen MR) is 139 cm³/mol. The molecule has 10 heteroatoms. The Labute approximate surface area is 224 Å². The summed E-state index contributed by atoms with van der Waals surface area (Å²) in [6.45, 7) is -0.149. The summed E-state index contributed by atoms with van der Waals surface area (Å²) >= 11 is 5.94. The number of hydrogen-bond acceptors (Lipinski definition) is 6. The minimum absolute atomic E-state index is 0.0158. The van der Waals surface area contributed by atoms with Crippen molar-refractivity contribution in [1.29, 1.82) is 0 Å². The van der Waals surface area contributed by atoms with Crippen molar-refractivity contribution in [2.45, 2.75) is 137 Å². The molecule has 5 unspecified atom stereocenters. The van der Waals surface area contributed by atoms with Crippen LogP contribution in [0.15, 0.2) is 0 Å². The van der Waals surface area contributed by atoms with Crippen LogP contribution < -0.4 is 16.1 Å². The van der Waals surface area contributed by atoms with Gasteiger partial charge in [-0.1, -0.05) is 19.3 Å². The second-order valence-corrected chi connectivity index (χ2v) is 13.0. The van der Waals surface area contributed by atoms with Gasteiger partial charge in [0, 0.05) is 25.0 Å². The third kappa shape index (κ3) is 5.96. The van der Waals surface area contributed by atoms with E-state index < -0.39 is 28.7 Å². The van der Waals surface area contributed by atoms with Crippen molar-refractivity contribution in [3.8, 4) is 0 Å². The summed E-state index contributed by atoms with van der Waals surface area (Å²) in [6, 6.07) is 0.148. The average molecular weight is 543 g/mol. The number of ether oxygens (including phenoxy) is 1. The van der Waals surface area contributed by atoms with Gasteiger partial charge >= 0.3 is 0 Å². The number of nitrogens with zero attached hydrogens (tertiary/aromatic N) is 1. The van der Waals surface area contributed by atoms with E-state index in [4.69, 9.17) is 16.3 Å². The van der Waals surface area contributed by atoms with Gasteiger partial charge in [-0.05, 0) is 70.1 Å². The molecule has 0 spiro atoms. The third-order valence-corrected chi connectivity index (χ3v) is 10.5. The average Bonchev–Trinajstić information content (AvgIpc) is 3.28. The number of alkyl halides is 2. The number of rotatable bonds is 7. The quantitative estimate of drug-likeness (QED) is 0.369. The van der Waals surface area contributed by atoms with Gasteiger partial charge in [0.05, 0.1) is 23.1 Å². The minimum Gasteiger partial charge on any atom is -0.391 e. The molecule has 37 heavy (non-hydrogen) atoms. The maximum atomic E-state index is 13.9. The molecule has 2 amide bonds. The highest BCUT2D eigenvalue weighted by Crippen LogP contribution is 2.47. The number of hydrogen-bond donors (Lipinski definition) is 4. The second kappa shape index (κ2) is 11.2. The Kier molecular flexibility index (Phi) is 8.37. The first-order valence-corrected chi connectivity index (χ1v) is 14.8. The molecule has 0 aromatic carbocycles. The summed E-state index contributed by atoms with van der Waals surface area (Å²) in [6.07, 6.45) is 9.50. The molecular weight excluding hydrogens is 499 g/mol. The van der Waals surface area contributed by atoms with Crippen LogP contribution in [-0.4, -0.2) is 82.5 Å². The van der Waals surface area contributed by atoms with Crippen LogP contribution in [0.25, 0.3) is 0 Å². The molecule has 2 bridgehead atoms. The third-order valence-electron chi connectivity index (χ3n) is 10.0. The van der Waals surface area contributed by atoms with Crippen molar-refractivity contribution in [3.05, 3.63) is 0 Å². The lowest BCUT2D eigenvalue weighted by atomic mass is 9.59. The zero-order valence-electron chi connectivity index (χ0n) is 22.0. The molecule has 6 fully saturated rings. The van der Waals surface area contributed by atoms with E-state index in [1.54, 1.807) is 0 Å². The Hall–Kier alpha value is -1.00. The van der Waals surface area contributed by atoms with Gasteiger partial charge in [0.2, 0.25) is 11.8 Å². The highest BCUT2D eigenvalue weighted by Gasteiger charge is 2.56. The van der Waals surface area contributed by atoms with Gasteiger partial charge in [0.15, 0.2) is 0 Å². The summed E-state index contributed by atoms with van der Waals surface area (Å²) in [7, 11) is 2.05. The summed E-state index contributed by atoms with van der Waals surface area (Å²) in [5.41, 5.74) is 2.27. The van der Waals surface area contributed by atoms with Gasteiger partial charge in [-0.3, -0.25) is 9.59 Å². The molecule has 6 atom stereocenters. The molecule has 0 aromatic heterocycles. The smallest absolute Gasteiger partial charge is 0.246 e. The molecule has 8 nitrogen and oxygen atoms in total. The van der Waals surface area contributed by atoms with Crippen LogP contribution in [-0.2, 0) is 14.3 Å². The van der Waals surface area contributed by atoms with E-state index in [9.17, 15) is 19.1 Å². The van der Waals surface area contributed by atoms with E-state index in [1.165, 1.54) is 32.1 Å². The van der Waals surface area contributed by atoms with Gasteiger partial charge in [0.1, 0.15) is 18.8 Å². The van der Waals surface area contributed by atoms with E-state index in [0.717, 1.165) is 19.3 Å². The highest BCUT2D eigenvalue weighted by atomic mass is 35.5. The maximum Gasteiger partial charge on any atom is 0.246 e. The summed E-state index contributed by atoms with van der Waals surface area (Å²) in [5, 5.41) is 19.1. The largest absolute Gasteiger partial charge is 0.391 e. The van der Waals surface area contributed by atoms with Gasteiger partial charge in [0.25, 0.3) is 0 Å². The monoisotopic (exact) mass is 542 g/mol. The summed E-state index contributed by atoms with van der Waals surface area (Å²) < 4.78 is 19.5. The number of carbonyl (C=O) groups excluding carboxylic acids is 2. The zero-order valence-corrected chi connectivity index (χ0v) is 22.8. The number of carbonyl (C=O) groups is 2. The van der Waals surface area contributed by atoms with Crippen LogP contribution in [0.1, 0.15) is 89.9 Å². The topological polar surface area (TPSA) is 103 Å². The number of aliphatic hydroxyl groups is 1. The second-order valence-electron chi connectivity index (χ2n) is 12.5. The Morgan fingerprint density at radius 2 is 1.81 bits per heavy atom. The van der Waals surface area contributed by atoms with Crippen LogP contribution >= 0.6 is 11.6 Å². The first-order chi connectivity index (χ1) is 17.7. The van der Waals surface area contributed by atoms with Gasteiger partial charge < -0.3 is 20.5 Å². The zero-order chi connectivity index (χ0) is 26.2. The fraction of sp³-hybridized carbons (Fsp3) is 0.926. The van der Waals surface area contributed by atoms with E-state index >= 15 is 0 Å². The molecule has 5 saturated carbocycles. The fourth-order valence-electron chi connectivity index (χ4n) is 7.70. The SMILES string of the molecule is CN1NC(C(=O)NC23CCC(NC(=O)COC4CCC(Cl)C(F)C4)(CC2)[C@@H](O)C3)CC1C1CCCCC1. The molecule has 1 aliphatic heterocycles. The Morgan fingerprint density at radius 1 is 1.08 bits per heavy atom. The molecule has 1 heterocycles. The van der Waals surface area contributed by atoms with E-state index in [2.05, 4.69) is 28.1 Å². The number of halogens is 2. The molecule has 0 aromatic rings. The van der Waals surface area contributed by atoms with Crippen molar-refractivity contribution in [1.82, 2.24) is 21.1 Å². The lowest BCUT2D eigenvalue weighted by Gasteiger charge is -2.56. The number of amides is 2. The van der Waals surface area contributed by atoms with Crippen molar-refractivity contribution >= 4 is 23.4 Å². The van der Waals surface area contributed by atoms with Crippen molar-refractivity contribution in [3.63, 3.8) is 0 Å². The van der Waals surface area contributed by atoms with Gasteiger partial charge in [-0.15, -0.1) is 11.6 Å². The number of fused-ring (bicyclic) bond motifs is 3. The molecule has 5 aliphatic carbocycles. The molecular formula is C27H44ClFN4O4. The number of hydrazine groups is 1. The fourth-order valence-corrected chi connectivity index (χ4v) is 7.93. The molecule has 210 valence electrons. The number of aliphatic hydroxyl groups excluding tert-OH is 1. The molecule has 6 rings (SSSR count). The summed E-state index contributed by atoms with van der Waals surface area (Å²) in [4.78, 5) is 26.0. The first kappa shape index (κ1) is 27.6. The van der Waals surface area contributed by atoms with E-state index in [-0.39, 0.29) is 37.0 Å². The first-order valence-electron chi connectivity index (χ1n) is 14.4. The Balaban J connectivity index is 1.10. The molecule has 6 aliphatic rings. The predicted octanol–water partition coefficient (Wildman–Crippen LogP) is 2.71. The van der Waals surface area contributed by atoms with Crippen LogP contribution in [0.2, 0.25) is 0 Å². The van der Waals surface area contributed by atoms with Crippen molar-refractivity contribution < 1.29 is 23.8 Å². The Morgan fingerprint density at radius 3 is 2.49 bits per heavy atom. The van der Waals surface area contributed by atoms with Gasteiger partial charge in [-0.2, -0.15) is 0 Å². The molecule has 4 N–H and O–H groups in total. The van der Waals surface area contributed by atoms with Crippen LogP contribution in [0.5, 0.6) is 0 Å². The lowest BCUT2D eigenvalue weighted by Crippen LogP contribution is -2.71. The van der Waals surface area contributed by atoms with Crippen LogP contribution in [0.4, 0.5) is 4.39 Å². The van der Waals surface area contributed by atoms with Crippen LogP contribution in [0, 0.1) is 5.92 Å². The minimum atomic E-state index is -1.11. The maximum absolute atomic E-state index is 13.9. The van der Waals surface area contributed by atoms with Gasteiger partial charge in [-0.25, -0.2) is 14.8 Å².